The molecule has 0 bridgehead atoms. The third kappa shape index (κ3) is 4.61. The van der Waals surface area contributed by atoms with Crippen molar-refractivity contribution in [3.8, 4) is 0 Å². The summed E-state index contributed by atoms with van der Waals surface area (Å²) >= 11 is 1.55. The van der Waals surface area contributed by atoms with E-state index in [9.17, 15) is 18.0 Å². The molecule has 1 atom stereocenters. The van der Waals surface area contributed by atoms with Gasteiger partial charge >= 0.3 is 5.76 Å². The number of fused-ring (bicyclic) bond motifs is 1. The number of hydrogen-bond donors (Lipinski definition) is 2. The maximum absolute atomic E-state index is 12.9. The second kappa shape index (κ2) is 8.71. The molecule has 1 fully saturated rings. The van der Waals surface area contributed by atoms with Crippen LogP contribution in [0.5, 0.6) is 0 Å². The lowest BCUT2D eigenvalue weighted by molar-refractivity contribution is -0.123. The van der Waals surface area contributed by atoms with Gasteiger partial charge < -0.3 is 9.73 Å². The quantitative estimate of drug-likeness (QED) is 0.662. The van der Waals surface area contributed by atoms with Crippen LogP contribution in [0.25, 0.3) is 11.1 Å². The monoisotopic (exact) mass is 427 g/mol. The maximum Gasteiger partial charge on any atom is 0.419 e. The summed E-state index contributed by atoms with van der Waals surface area (Å²) in [6.45, 7) is 0. The van der Waals surface area contributed by atoms with Gasteiger partial charge in [0, 0.05) is 19.2 Å². The lowest BCUT2D eigenvalue weighted by Gasteiger charge is -2.21. The fourth-order valence-electron chi connectivity index (χ4n) is 3.39. The van der Waals surface area contributed by atoms with Gasteiger partial charge in [-0.3, -0.25) is 9.36 Å². The SMILES string of the molecule is CSCC[C@H](NS(=O)(=O)c1ccc2c(c1)oc(=O)n2C)C(=O)NC1CCCC1. The molecule has 1 aromatic carbocycles. The van der Waals surface area contributed by atoms with Gasteiger partial charge in [-0.25, -0.2) is 13.2 Å². The summed E-state index contributed by atoms with van der Waals surface area (Å²) in [7, 11) is -2.41. The van der Waals surface area contributed by atoms with Crippen molar-refractivity contribution in [2.45, 2.75) is 49.1 Å². The standard InChI is InChI=1S/C18H25N3O5S2/c1-21-15-8-7-13(11-16(15)26-18(21)23)28(24,25)20-14(9-10-27-2)17(22)19-12-5-3-4-6-12/h7-8,11-12,14,20H,3-6,9-10H2,1-2H3,(H,19,22)/t14-/m0/s1. The fraction of sp³-hybridized carbons (Fsp3) is 0.556. The molecule has 0 spiro atoms. The van der Waals surface area contributed by atoms with Crippen molar-refractivity contribution in [1.82, 2.24) is 14.6 Å². The van der Waals surface area contributed by atoms with Gasteiger partial charge in [0.2, 0.25) is 15.9 Å². The molecule has 0 aliphatic heterocycles. The number of nitrogens with zero attached hydrogens (tertiary/aromatic N) is 1. The maximum atomic E-state index is 12.9. The number of aromatic nitrogens is 1. The Hall–Kier alpha value is -1.78. The summed E-state index contributed by atoms with van der Waals surface area (Å²) in [6.07, 6.45) is 6.31. The van der Waals surface area contributed by atoms with Crippen LogP contribution in [0.2, 0.25) is 0 Å². The predicted octanol–water partition coefficient (Wildman–Crippen LogP) is 1.59. The molecule has 8 nitrogen and oxygen atoms in total. The highest BCUT2D eigenvalue weighted by Crippen LogP contribution is 2.20. The minimum Gasteiger partial charge on any atom is -0.408 e. The summed E-state index contributed by atoms with van der Waals surface area (Å²) in [4.78, 5) is 24.2. The van der Waals surface area contributed by atoms with Gasteiger partial charge in [0.15, 0.2) is 5.58 Å². The molecular weight excluding hydrogens is 402 g/mol. The molecule has 0 radical (unpaired) electrons. The lowest BCUT2D eigenvalue weighted by Crippen LogP contribution is -2.49. The Kier molecular flexibility index (Phi) is 6.51. The van der Waals surface area contributed by atoms with E-state index in [4.69, 9.17) is 4.42 Å². The molecule has 28 heavy (non-hydrogen) atoms. The van der Waals surface area contributed by atoms with E-state index in [-0.39, 0.29) is 22.4 Å². The molecule has 154 valence electrons. The zero-order valence-electron chi connectivity index (χ0n) is 15.9. The molecule has 0 saturated heterocycles. The second-order valence-electron chi connectivity index (χ2n) is 7.00. The molecule has 10 heteroatoms. The third-order valence-electron chi connectivity index (χ3n) is 5.00. The molecule has 1 saturated carbocycles. The number of amides is 1. The number of nitrogens with one attached hydrogen (secondary N) is 2. The van der Waals surface area contributed by atoms with Crippen LogP contribution >= 0.6 is 11.8 Å². The number of oxazole rings is 1. The van der Waals surface area contributed by atoms with Gasteiger partial charge in [0.25, 0.3) is 0 Å². The summed E-state index contributed by atoms with van der Waals surface area (Å²) in [5, 5.41) is 2.96. The number of hydrogen-bond acceptors (Lipinski definition) is 6. The first-order valence-electron chi connectivity index (χ1n) is 9.23. The van der Waals surface area contributed by atoms with Crippen molar-refractivity contribution >= 4 is 38.8 Å². The smallest absolute Gasteiger partial charge is 0.408 e. The summed E-state index contributed by atoms with van der Waals surface area (Å²) in [6, 6.07) is 3.49. The molecule has 3 rings (SSSR count). The zero-order chi connectivity index (χ0) is 20.3. The van der Waals surface area contributed by atoms with Crippen LogP contribution in [0.15, 0.2) is 32.3 Å². The third-order valence-corrected chi connectivity index (χ3v) is 7.11. The topological polar surface area (TPSA) is 110 Å². The first-order valence-corrected chi connectivity index (χ1v) is 12.1. The molecule has 1 aliphatic rings. The van der Waals surface area contributed by atoms with Crippen LogP contribution in [0.4, 0.5) is 0 Å². The normalized spacial score (nSPS) is 16.5. The highest BCUT2D eigenvalue weighted by molar-refractivity contribution is 7.98. The van der Waals surface area contributed by atoms with Gasteiger partial charge in [0.1, 0.15) is 6.04 Å². The molecule has 2 N–H and O–H groups in total. The number of thioether (sulfide) groups is 1. The van der Waals surface area contributed by atoms with Gasteiger partial charge in [0.05, 0.1) is 10.4 Å². The first kappa shape index (κ1) is 20.9. The Balaban J connectivity index is 1.81. The highest BCUT2D eigenvalue weighted by atomic mass is 32.2. The fourth-order valence-corrected chi connectivity index (χ4v) is 5.10. The average molecular weight is 428 g/mol. The van der Waals surface area contributed by atoms with Crippen LogP contribution in [-0.4, -0.2) is 43.0 Å². The van der Waals surface area contributed by atoms with Crippen molar-refractivity contribution in [3.63, 3.8) is 0 Å². The second-order valence-corrected chi connectivity index (χ2v) is 9.70. The minimum absolute atomic E-state index is 0.0443. The minimum atomic E-state index is -3.95. The molecule has 1 heterocycles. The van der Waals surface area contributed by atoms with E-state index in [1.165, 1.54) is 22.8 Å². The van der Waals surface area contributed by atoms with Gasteiger partial charge in [-0.2, -0.15) is 16.5 Å². The number of sulfonamides is 1. The van der Waals surface area contributed by atoms with E-state index in [2.05, 4.69) is 10.0 Å². The summed E-state index contributed by atoms with van der Waals surface area (Å²) in [5.41, 5.74) is 0.688. The average Bonchev–Trinajstić information content (AvgIpc) is 3.26. The Morgan fingerprint density at radius 1 is 1.36 bits per heavy atom. The highest BCUT2D eigenvalue weighted by Gasteiger charge is 2.28. The number of carbonyl (C=O) groups excluding carboxylic acids is 1. The van der Waals surface area contributed by atoms with Crippen molar-refractivity contribution < 1.29 is 17.6 Å². The largest absolute Gasteiger partial charge is 0.419 e. The number of benzene rings is 1. The molecule has 0 unspecified atom stereocenters. The van der Waals surface area contributed by atoms with Crippen LogP contribution in [0.3, 0.4) is 0 Å². The molecule has 1 aromatic heterocycles. The van der Waals surface area contributed by atoms with Crippen LogP contribution in [-0.2, 0) is 21.9 Å². The summed E-state index contributed by atoms with van der Waals surface area (Å²) in [5.74, 6) is -0.208. The van der Waals surface area contributed by atoms with E-state index in [0.29, 0.717) is 17.7 Å². The molecular formula is C18H25N3O5S2. The van der Waals surface area contributed by atoms with Crippen LogP contribution in [0, 0.1) is 0 Å². The molecule has 1 aliphatic carbocycles. The van der Waals surface area contributed by atoms with E-state index in [1.54, 1.807) is 18.8 Å². The number of aryl methyl sites for hydroxylation is 1. The summed E-state index contributed by atoms with van der Waals surface area (Å²) < 4.78 is 34.6. The Morgan fingerprint density at radius 2 is 2.07 bits per heavy atom. The van der Waals surface area contributed by atoms with Crippen LogP contribution in [0.1, 0.15) is 32.1 Å². The molecule has 2 aromatic rings. The van der Waals surface area contributed by atoms with E-state index in [0.717, 1.165) is 25.7 Å². The van der Waals surface area contributed by atoms with Crippen molar-refractivity contribution in [1.29, 1.82) is 0 Å². The number of carbonyl (C=O) groups is 1. The predicted molar refractivity (Wildman–Crippen MR) is 109 cm³/mol. The first-order chi connectivity index (χ1) is 13.3. The van der Waals surface area contributed by atoms with Gasteiger partial charge in [-0.15, -0.1) is 0 Å². The Labute approximate surface area is 168 Å². The number of rotatable bonds is 8. The van der Waals surface area contributed by atoms with Crippen molar-refractivity contribution in [2.75, 3.05) is 12.0 Å². The zero-order valence-corrected chi connectivity index (χ0v) is 17.6. The van der Waals surface area contributed by atoms with Gasteiger partial charge in [-0.05, 0) is 43.4 Å². The Bertz CT molecular complexity index is 1010. The van der Waals surface area contributed by atoms with Crippen molar-refractivity contribution in [3.05, 3.63) is 28.7 Å². The van der Waals surface area contributed by atoms with Gasteiger partial charge in [-0.1, -0.05) is 12.8 Å². The van der Waals surface area contributed by atoms with E-state index in [1.807, 2.05) is 6.26 Å². The van der Waals surface area contributed by atoms with E-state index < -0.39 is 21.8 Å². The Morgan fingerprint density at radius 3 is 2.75 bits per heavy atom. The molecule has 1 amide bonds. The van der Waals surface area contributed by atoms with Crippen molar-refractivity contribution in [2.24, 2.45) is 7.05 Å². The van der Waals surface area contributed by atoms with E-state index >= 15 is 0 Å². The van der Waals surface area contributed by atoms with Crippen LogP contribution < -0.4 is 15.8 Å². The lowest BCUT2D eigenvalue weighted by atomic mass is 10.2.